The number of tetrazole rings is 1. The second kappa shape index (κ2) is 6.93. The van der Waals surface area contributed by atoms with Crippen LogP contribution in [-0.4, -0.2) is 33.5 Å². The van der Waals surface area contributed by atoms with Crippen LogP contribution >= 0.6 is 0 Å². The average Bonchev–Trinajstić information content (AvgIpc) is 3.09. The third-order valence-corrected chi connectivity index (χ3v) is 4.80. The highest BCUT2D eigenvalue weighted by Gasteiger charge is 2.18. The number of aromatic nitrogens is 4. The molecule has 0 aliphatic carbocycles. The molecule has 0 amide bonds. The molecule has 3 aromatic rings. The first-order valence-corrected chi connectivity index (χ1v) is 8.62. The zero-order valence-corrected chi connectivity index (χ0v) is 13.8. The summed E-state index contributed by atoms with van der Waals surface area (Å²) in [5, 5.41) is 21.6. The van der Waals surface area contributed by atoms with Gasteiger partial charge in [0, 0.05) is 12.1 Å². The summed E-state index contributed by atoms with van der Waals surface area (Å²) in [6.45, 7) is -0.232. The van der Waals surface area contributed by atoms with Crippen LogP contribution in [-0.2, 0) is 16.6 Å². The van der Waals surface area contributed by atoms with E-state index in [2.05, 4.69) is 20.2 Å². The SMILES string of the molecule is O=[N+]([O-])c1ccc(S(=O)(=O)NCc2nnnn2-c2ccc(F)cc2)cc1. The molecule has 0 unspecified atom stereocenters. The van der Waals surface area contributed by atoms with Crippen LogP contribution in [0.2, 0.25) is 0 Å². The highest BCUT2D eigenvalue weighted by Crippen LogP contribution is 2.16. The van der Waals surface area contributed by atoms with E-state index < -0.39 is 20.8 Å². The quantitative estimate of drug-likeness (QED) is 0.503. The number of hydrogen-bond acceptors (Lipinski definition) is 7. The van der Waals surface area contributed by atoms with E-state index in [1.165, 1.54) is 28.9 Å². The van der Waals surface area contributed by atoms with E-state index in [1.54, 1.807) is 0 Å². The molecular formula is C14H11FN6O4S. The van der Waals surface area contributed by atoms with Crippen LogP contribution in [0, 0.1) is 15.9 Å². The van der Waals surface area contributed by atoms with Gasteiger partial charge in [-0.2, -0.15) is 4.68 Å². The number of non-ortho nitro benzene ring substituents is 1. The van der Waals surface area contributed by atoms with Gasteiger partial charge in [-0.15, -0.1) is 5.10 Å². The molecule has 0 aliphatic heterocycles. The summed E-state index contributed by atoms with van der Waals surface area (Å²) in [5.74, 6) is -0.246. The highest BCUT2D eigenvalue weighted by molar-refractivity contribution is 7.89. The normalized spacial score (nSPS) is 11.4. The summed E-state index contributed by atoms with van der Waals surface area (Å²) in [5.41, 5.74) is 0.241. The Hall–Kier alpha value is -3.25. The number of benzene rings is 2. The van der Waals surface area contributed by atoms with E-state index in [9.17, 15) is 22.9 Å². The molecule has 0 atom stereocenters. The van der Waals surface area contributed by atoms with Crippen LogP contribution in [0.4, 0.5) is 10.1 Å². The monoisotopic (exact) mass is 378 g/mol. The van der Waals surface area contributed by atoms with Gasteiger partial charge in [0.25, 0.3) is 5.69 Å². The van der Waals surface area contributed by atoms with Crippen molar-refractivity contribution in [3.8, 4) is 5.69 Å². The van der Waals surface area contributed by atoms with Gasteiger partial charge in [0.1, 0.15) is 5.82 Å². The van der Waals surface area contributed by atoms with Crippen LogP contribution < -0.4 is 4.72 Å². The largest absolute Gasteiger partial charge is 0.269 e. The maximum absolute atomic E-state index is 13.0. The van der Waals surface area contributed by atoms with Crippen LogP contribution in [0.5, 0.6) is 0 Å². The molecule has 2 aromatic carbocycles. The molecular weight excluding hydrogens is 367 g/mol. The smallest absolute Gasteiger partial charge is 0.258 e. The molecule has 0 saturated carbocycles. The van der Waals surface area contributed by atoms with Gasteiger partial charge in [0.05, 0.1) is 22.1 Å². The van der Waals surface area contributed by atoms with Crippen molar-refractivity contribution in [1.82, 2.24) is 24.9 Å². The van der Waals surface area contributed by atoms with Crippen molar-refractivity contribution in [2.45, 2.75) is 11.4 Å². The standard InChI is InChI=1S/C14H11FN6O4S/c15-10-1-3-11(4-2-10)20-14(17-18-19-20)9-16-26(24,25)13-7-5-12(6-8-13)21(22)23/h1-8,16H,9H2. The molecule has 0 radical (unpaired) electrons. The second-order valence-corrected chi connectivity index (χ2v) is 6.83. The maximum Gasteiger partial charge on any atom is 0.269 e. The molecule has 0 fully saturated rings. The summed E-state index contributed by atoms with van der Waals surface area (Å²) in [6, 6.07) is 9.78. The van der Waals surface area contributed by atoms with Crippen LogP contribution in [0.25, 0.3) is 5.69 Å². The molecule has 0 bridgehead atoms. The fourth-order valence-corrected chi connectivity index (χ4v) is 3.07. The van der Waals surface area contributed by atoms with E-state index in [-0.39, 0.29) is 23.0 Å². The predicted octanol–water partition coefficient (Wildman–Crippen LogP) is 1.19. The lowest BCUT2D eigenvalue weighted by molar-refractivity contribution is -0.384. The topological polar surface area (TPSA) is 133 Å². The molecule has 10 nitrogen and oxygen atoms in total. The molecule has 0 aliphatic rings. The van der Waals surface area contributed by atoms with Crippen molar-refractivity contribution >= 4 is 15.7 Å². The minimum absolute atomic E-state index is 0.135. The van der Waals surface area contributed by atoms with Gasteiger partial charge in [-0.05, 0) is 46.8 Å². The van der Waals surface area contributed by atoms with Crippen molar-refractivity contribution in [2.75, 3.05) is 0 Å². The van der Waals surface area contributed by atoms with Gasteiger partial charge in [0.15, 0.2) is 5.82 Å². The Morgan fingerprint density at radius 2 is 1.77 bits per heavy atom. The van der Waals surface area contributed by atoms with E-state index in [4.69, 9.17) is 0 Å². The van der Waals surface area contributed by atoms with Gasteiger partial charge < -0.3 is 0 Å². The number of sulfonamides is 1. The summed E-state index contributed by atoms with van der Waals surface area (Å²) >= 11 is 0. The third-order valence-electron chi connectivity index (χ3n) is 3.38. The van der Waals surface area contributed by atoms with Crippen molar-refractivity contribution in [3.63, 3.8) is 0 Å². The fraction of sp³-hybridized carbons (Fsp3) is 0.0714. The molecule has 0 spiro atoms. The fourth-order valence-electron chi connectivity index (χ4n) is 2.09. The first-order chi connectivity index (χ1) is 12.4. The molecule has 1 heterocycles. The zero-order valence-electron chi connectivity index (χ0n) is 13.0. The minimum atomic E-state index is -3.93. The number of hydrogen-bond donors (Lipinski definition) is 1. The van der Waals surface area contributed by atoms with E-state index in [1.807, 2.05) is 0 Å². The first-order valence-electron chi connectivity index (χ1n) is 7.14. The van der Waals surface area contributed by atoms with Gasteiger partial charge in [-0.1, -0.05) is 0 Å². The maximum atomic E-state index is 13.0. The van der Waals surface area contributed by atoms with Crippen LogP contribution in [0.1, 0.15) is 5.82 Å². The van der Waals surface area contributed by atoms with E-state index >= 15 is 0 Å². The van der Waals surface area contributed by atoms with Crippen molar-refractivity contribution < 1.29 is 17.7 Å². The van der Waals surface area contributed by atoms with Gasteiger partial charge >= 0.3 is 0 Å². The minimum Gasteiger partial charge on any atom is -0.258 e. The third kappa shape index (κ3) is 3.70. The Morgan fingerprint density at radius 1 is 1.12 bits per heavy atom. The Kier molecular flexibility index (Phi) is 4.69. The summed E-state index contributed by atoms with van der Waals surface area (Å²) in [4.78, 5) is 9.87. The van der Waals surface area contributed by atoms with Gasteiger partial charge in [-0.25, -0.2) is 17.5 Å². The Morgan fingerprint density at radius 3 is 2.38 bits per heavy atom. The number of nitrogens with one attached hydrogen (secondary N) is 1. The van der Waals surface area contributed by atoms with Crippen molar-refractivity contribution in [3.05, 3.63) is 70.3 Å². The van der Waals surface area contributed by atoms with Crippen molar-refractivity contribution in [1.29, 1.82) is 0 Å². The van der Waals surface area contributed by atoms with Gasteiger partial charge in [-0.3, -0.25) is 10.1 Å². The molecule has 0 saturated heterocycles. The Labute approximate surface area is 146 Å². The number of nitrogens with zero attached hydrogens (tertiary/aromatic N) is 5. The molecule has 3 rings (SSSR count). The summed E-state index contributed by atoms with van der Waals surface area (Å²) < 4.78 is 41.2. The lowest BCUT2D eigenvalue weighted by Crippen LogP contribution is -2.25. The Bertz CT molecular complexity index is 1030. The number of nitro groups is 1. The van der Waals surface area contributed by atoms with Gasteiger partial charge in [0.2, 0.25) is 10.0 Å². The Balaban J connectivity index is 1.77. The number of nitro benzene ring substituents is 1. The molecule has 12 heteroatoms. The second-order valence-electron chi connectivity index (χ2n) is 5.06. The average molecular weight is 378 g/mol. The lowest BCUT2D eigenvalue weighted by Gasteiger charge is -2.07. The van der Waals surface area contributed by atoms with E-state index in [0.717, 1.165) is 24.3 Å². The number of rotatable bonds is 6. The highest BCUT2D eigenvalue weighted by atomic mass is 32.2. The molecule has 134 valence electrons. The van der Waals surface area contributed by atoms with Crippen LogP contribution in [0.15, 0.2) is 53.4 Å². The lowest BCUT2D eigenvalue weighted by atomic mass is 10.3. The van der Waals surface area contributed by atoms with E-state index in [0.29, 0.717) is 5.69 Å². The van der Waals surface area contributed by atoms with Crippen LogP contribution in [0.3, 0.4) is 0 Å². The number of halogens is 1. The molecule has 1 aromatic heterocycles. The summed E-state index contributed by atoms with van der Waals surface area (Å²) in [6.07, 6.45) is 0. The molecule has 26 heavy (non-hydrogen) atoms. The first kappa shape index (κ1) is 17.6. The summed E-state index contributed by atoms with van der Waals surface area (Å²) in [7, 11) is -3.93. The predicted molar refractivity (Wildman–Crippen MR) is 86.2 cm³/mol. The zero-order chi connectivity index (χ0) is 18.7. The van der Waals surface area contributed by atoms with Crippen molar-refractivity contribution in [2.24, 2.45) is 0 Å². The molecule has 1 N–H and O–H groups in total.